The largest absolute Gasteiger partial charge is 0.480 e. The number of carboxylic acids is 1. The van der Waals surface area contributed by atoms with Gasteiger partial charge >= 0.3 is 5.97 Å². The lowest BCUT2D eigenvalue weighted by atomic mass is 10.1. The second kappa shape index (κ2) is 5.29. The summed E-state index contributed by atoms with van der Waals surface area (Å²) in [7, 11) is 0. The Morgan fingerprint density at radius 2 is 2.24 bits per heavy atom. The van der Waals surface area contributed by atoms with Crippen molar-refractivity contribution in [2.45, 2.75) is 26.3 Å². The molecule has 2 N–H and O–H groups in total. The number of nitrogens with one attached hydrogen (secondary N) is 1. The van der Waals surface area contributed by atoms with Crippen LogP contribution in [0.2, 0.25) is 0 Å². The second-order valence-corrected chi connectivity index (χ2v) is 3.59. The van der Waals surface area contributed by atoms with Crippen LogP contribution in [0.15, 0.2) is 17.2 Å². The Balaban J connectivity index is 2.84. The Labute approximate surface area is 98.3 Å². The normalized spacial score (nSPS) is 11.9. The Morgan fingerprint density at radius 1 is 1.59 bits per heavy atom. The first-order chi connectivity index (χ1) is 7.97. The number of hydrogen-bond acceptors (Lipinski definition) is 4. The van der Waals surface area contributed by atoms with Crippen LogP contribution in [-0.2, 0) is 4.79 Å². The number of aliphatic carboxylic acids is 1. The van der Waals surface area contributed by atoms with E-state index < -0.39 is 17.9 Å². The quantitative estimate of drug-likeness (QED) is 0.748. The number of hydrogen-bond donors (Lipinski definition) is 2. The molecule has 1 amide bonds. The van der Waals surface area contributed by atoms with Crippen molar-refractivity contribution in [2.75, 3.05) is 0 Å². The molecule has 1 heterocycles. The molecule has 0 aliphatic rings. The van der Waals surface area contributed by atoms with Crippen LogP contribution in [0.3, 0.4) is 0 Å². The Bertz CT molecular complexity index is 431. The summed E-state index contributed by atoms with van der Waals surface area (Å²) in [5, 5.41) is 14.9. The second-order valence-electron chi connectivity index (χ2n) is 3.59. The standard InChI is InChI=1S/C11H14N2O4/c1-4-5-8(11(15)16)12-10(14)9-6(2)13-17-7(9)3/h4,8H,1,5H2,2-3H3,(H,12,14)(H,15,16). The predicted molar refractivity (Wildman–Crippen MR) is 59.7 cm³/mol. The van der Waals surface area contributed by atoms with E-state index in [1.807, 2.05) is 0 Å². The number of aryl methyl sites for hydroxylation is 2. The molecule has 6 nitrogen and oxygen atoms in total. The first-order valence-corrected chi connectivity index (χ1v) is 5.04. The van der Waals surface area contributed by atoms with Crippen LogP contribution in [0.1, 0.15) is 28.2 Å². The number of carbonyl (C=O) groups excluding carboxylic acids is 1. The van der Waals surface area contributed by atoms with Gasteiger partial charge in [0.25, 0.3) is 5.91 Å². The van der Waals surface area contributed by atoms with Crippen molar-refractivity contribution in [1.82, 2.24) is 10.5 Å². The summed E-state index contributed by atoms with van der Waals surface area (Å²) in [6.07, 6.45) is 1.59. The van der Waals surface area contributed by atoms with Crippen molar-refractivity contribution in [1.29, 1.82) is 0 Å². The lowest BCUT2D eigenvalue weighted by molar-refractivity contribution is -0.139. The van der Waals surface area contributed by atoms with Crippen LogP contribution >= 0.6 is 0 Å². The minimum Gasteiger partial charge on any atom is -0.480 e. The van der Waals surface area contributed by atoms with E-state index in [1.165, 1.54) is 6.08 Å². The van der Waals surface area contributed by atoms with Crippen molar-refractivity contribution in [2.24, 2.45) is 0 Å². The summed E-state index contributed by atoms with van der Waals surface area (Å²) in [5.41, 5.74) is 0.711. The van der Waals surface area contributed by atoms with Gasteiger partial charge in [-0.1, -0.05) is 11.2 Å². The molecule has 1 aromatic heterocycles. The number of rotatable bonds is 5. The highest BCUT2D eigenvalue weighted by molar-refractivity contribution is 5.98. The first-order valence-electron chi connectivity index (χ1n) is 5.04. The molecular weight excluding hydrogens is 224 g/mol. The maximum absolute atomic E-state index is 11.8. The maximum Gasteiger partial charge on any atom is 0.326 e. The lowest BCUT2D eigenvalue weighted by Gasteiger charge is -2.11. The van der Waals surface area contributed by atoms with E-state index in [0.29, 0.717) is 11.5 Å². The van der Waals surface area contributed by atoms with Gasteiger partial charge in [0.2, 0.25) is 0 Å². The number of carboxylic acid groups (broad SMARTS) is 1. The summed E-state index contributed by atoms with van der Waals surface area (Å²) in [4.78, 5) is 22.7. The Hall–Kier alpha value is -2.11. The molecule has 6 heteroatoms. The molecule has 0 saturated heterocycles. The fourth-order valence-electron chi connectivity index (χ4n) is 1.43. The summed E-state index contributed by atoms with van der Waals surface area (Å²) in [5.74, 6) is -1.25. The van der Waals surface area contributed by atoms with Crippen molar-refractivity contribution in [3.05, 3.63) is 29.7 Å². The summed E-state index contributed by atoms with van der Waals surface area (Å²) < 4.78 is 4.84. The van der Waals surface area contributed by atoms with Gasteiger partial charge in [-0.2, -0.15) is 0 Å². The highest BCUT2D eigenvalue weighted by atomic mass is 16.5. The fraction of sp³-hybridized carbons (Fsp3) is 0.364. The number of aromatic nitrogens is 1. The van der Waals surface area contributed by atoms with Crippen LogP contribution in [0.25, 0.3) is 0 Å². The van der Waals surface area contributed by atoms with E-state index in [1.54, 1.807) is 13.8 Å². The smallest absolute Gasteiger partial charge is 0.326 e. The molecular formula is C11H14N2O4. The summed E-state index contributed by atoms with van der Waals surface area (Å²) in [6.45, 7) is 6.66. The van der Waals surface area contributed by atoms with Crippen molar-refractivity contribution >= 4 is 11.9 Å². The van der Waals surface area contributed by atoms with Gasteiger partial charge < -0.3 is 14.9 Å². The van der Waals surface area contributed by atoms with Crippen LogP contribution in [0.5, 0.6) is 0 Å². The van der Waals surface area contributed by atoms with E-state index >= 15 is 0 Å². The Morgan fingerprint density at radius 3 is 2.65 bits per heavy atom. The number of nitrogens with zero attached hydrogens (tertiary/aromatic N) is 1. The average Bonchev–Trinajstić information content (AvgIpc) is 2.57. The van der Waals surface area contributed by atoms with Crippen molar-refractivity contribution in [3.63, 3.8) is 0 Å². The Kier molecular flexibility index (Phi) is 4.03. The molecule has 0 bridgehead atoms. The van der Waals surface area contributed by atoms with Gasteiger partial charge in [-0.15, -0.1) is 6.58 Å². The highest BCUT2D eigenvalue weighted by Crippen LogP contribution is 2.12. The molecule has 1 aromatic rings. The van der Waals surface area contributed by atoms with Gasteiger partial charge in [0.1, 0.15) is 17.4 Å². The highest BCUT2D eigenvalue weighted by Gasteiger charge is 2.23. The maximum atomic E-state index is 11.8. The molecule has 1 rings (SSSR count). The molecule has 0 aromatic carbocycles. The summed E-state index contributed by atoms with van der Waals surface area (Å²) in [6, 6.07) is -0.992. The zero-order chi connectivity index (χ0) is 13.0. The predicted octanol–water partition coefficient (Wildman–Crippen LogP) is 1.05. The third-order valence-corrected chi connectivity index (χ3v) is 2.27. The van der Waals surface area contributed by atoms with E-state index in [4.69, 9.17) is 9.63 Å². The van der Waals surface area contributed by atoms with Crippen molar-refractivity contribution < 1.29 is 19.2 Å². The average molecular weight is 238 g/mol. The SMILES string of the molecule is C=CCC(NC(=O)c1c(C)noc1C)C(=O)O. The first kappa shape index (κ1) is 13.0. The monoisotopic (exact) mass is 238 g/mol. The molecule has 0 fully saturated rings. The number of amides is 1. The molecule has 1 atom stereocenters. The minimum atomic E-state index is -1.11. The minimum absolute atomic E-state index is 0.157. The molecule has 1 unspecified atom stereocenters. The third kappa shape index (κ3) is 2.93. The molecule has 92 valence electrons. The van der Waals surface area contributed by atoms with Gasteiger partial charge in [0.05, 0.1) is 5.69 Å². The fourth-order valence-corrected chi connectivity index (χ4v) is 1.43. The molecule has 0 spiro atoms. The topological polar surface area (TPSA) is 92.4 Å². The van der Waals surface area contributed by atoms with Gasteiger partial charge in [0, 0.05) is 0 Å². The van der Waals surface area contributed by atoms with Crippen molar-refractivity contribution in [3.8, 4) is 0 Å². The summed E-state index contributed by atoms with van der Waals surface area (Å²) >= 11 is 0. The number of carbonyl (C=O) groups is 2. The van der Waals surface area contributed by atoms with Crippen LogP contribution in [-0.4, -0.2) is 28.2 Å². The van der Waals surface area contributed by atoms with Gasteiger partial charge in [-0.05, 0) is 20.3 Å². The van der Waals surface area contributed by atoms with Gasteiger partial charge in [-0.25, -0.2) is 4.79 Å². The molecule has 0 aliphatic carbocycles. The zero-order valence-electron chi connectivity index (χ0n) is 9.69. The van der Waals surface area contributed by atoms with Crippen LogP contribution in [0, 0.1) is 13.8 Å². The van der Waals surface area contributed by atoms with Crippen LogP contribution < -0.4 is 5.32 Å². The lowest BCUT2D eigenvalue weighted by Crippen LogP contribution is -2.40. The third-order valence-electron chi connectivity index (χ3n) is 2.27. The van der Waals surface area contributed by atoms with E-state index in [-0.39, 0.29) is 12.0 Å². The van der Waals surface area contributed by atoms with E-state index in [9.17, 15) is 9.59 Å². The molecule has 17 heavy (non-hydrogen) atoms. The van der Waals surface area contributed by atoms with E-state index in [2.05, 4.69) is 17.1 Å². The van der Waals surface area contributed by atoms with Gasteiger partial charge in [-0.3, -0.25) is 4.79 Å². The van der Waals surface area contributed by atoms with Gasteiger partial charge in [0.15, 0.2) is 0 Å². The van der Waals surface area contributed by atoms with E-state index in [0.717, 1.165) is 0 Å². The molecule has 0 aliphatic heterocycles. The van der Waals surface area contributed by atoms with Crippen LogP contribution in [0.4, 0.5) is 0 Å². The molecule has 0 saturated carbocycles. The molecule has 0 radical (unpaired) electrons. The zero-order valence-corrected chi connectivity index (χ0v) is 9.69.